The average Bonchev–Trinajstić information content (AvgIpc) is 3.05. The van der Waals surface area contributed by atoms with Gasteiger partial charge in [0.2, 0.25) is 0 Å². The lowest BCUT2D eigenvalue weighted by Crippen LogP contribution is -2.31. The first kappa shape index (κ1) is 18.9. The van der Waals surface area contributed by atoms with Crippen LogP contribution in [0, 0.1) is 11.6 Å². The second-order valence-corrected chi connectivity index (χ2v) is 7.12. The van der Waals surface area contributed by atoms with E-state index in [1.165, 1.54) is 11.1 Å². The van der Waals surface area contributed by atoms with Crippen molar-refractivity contribution < 1.29 is 13.6 Å². The van der Waals surface area contributed by atoms with Crippen LogP contribution >= 0.6 is 0 Å². The standard InChI is InChI=1S/C22H19F2N3O2/c1-12(16-11-25-21(28)15-10-18(24)17(23)9-14(15)16)26(2)22(29)20-8-13-6-4-5-7-19(13)27(20)3/h4-12H,1-3H3,(H,25,28)/t12-/m1/s1. The number of para-hydroxylation sites is 1. The van der Waals surface area contributed by atoms with Crippen molar-refractivity contribution in [2.24, 2.45) is 7.05 Å². The van der Waals surface area contributed by atoms with Crippen molar-refractivity contribution in [3.8, 4) is 0 Å². The summed E-state index contributed by atoms with van der Waals surface area (Å²) in [4.78, 5) is 29.3. The highest BCUT2D eigenvalue weighted by molar-refractivity contribution is 5.99. The highest BCUT2D eigenvalue weighted by Crippen LogP contribution is 2.28. The number of aryl methyl sites for hydroxylation is 1. The monoisotopic (exact) mass is 395 g/mol. The number of carbonyl (C=O) groups excluding carboxylic acids is 1. The number of nitrogens with one attached hydrogen (secondary N) is 1. The molecule has 0 radical (unpaired) electrons. The van der Waals surface area contributed by atoms with Crippen LogP contribution in [0.4, 0.5) is 8.78 Å². The van der Waals surface area contributed by atoms with Crippen molar-refractivity contribution in [3.63, 3.8) is 0 Å². The first-order valence-electron chi connectivity index (χ1n) is 9.11. The summed E-state index contributed by atoms with van der Waals surface area (Å²) in [6, 6.07) is 10.9. The fraction of sp³-hybridized carbons (Fsp3) is 0.182. The molecular weight excluding hydrogens is 376 g/mol. The van der Waals surface area contributed by atoms with Gasteiger partial charge in [0.25, 0.3) is 11.5 Å². The third-order valence-electron chi connectivity index (χ3n) is 5.50. The van der Waals surface area contributed by atoms with Crippen LogP contribution in [0.1, 0.15) is 29.0 Å². The zero-order valence-corrected chi connectivity index (χ0v) is 16.2. The summed E-state index contributed by atoms with van der Waals surface area (Å²) in [5.41, 5.74) is 1.45. The van der Waals surface area contributed by atoms with Gasteiger partial charge in [-0.15, -0.1) is 0 Å². The Morgan fingerprint density at radius 3 is 2.45 bits per heavy atom. The topological polar surface area (TPSA) is 58.1 Å². The first-order chi connectivity index (χ1) is 13.8. The molecule has 0 saturated heterocycles. The summed E-state index contributed by atoms with van der Waals surface area (Å²) in [6.07, 6.45) is 1.44. The molecule has 0 fully saturated rings. The minimum atomic E-state index is -1.09. The second kappa shape index (κ2) is 6.84. The van der Waals surface area contributed by atoms with Gasteiger partial charge < -0.3 is 14.5 Å². The fourth-order valence-corrected chi connectivity index (χ4v) is 3.68. The lowest BCUT2D eigenvalue weighted by Gasteiger charge is -2.26. The van der Waals surface area contributed by atoms with Gasteiger partial charge in [0, 0.05) is 31.2 Å². The molecule has 1 N–H and O–H groups in total. The smallest absolute Gasteiger partial charge is 0.270 e. The van der Waals surface area contributed by atoms with Gasteiger partial charge in [-0.2, -0.15) is 0 Å². The molecule has 0 aliphatic heterocycles. The number of amides is 1. The lowest BCUT2D eigenvalue weighted by atomic mass is 10.0. The number of halogens is 2. The van der Waals surface area contributed by atoms with Crippen molar-refractivity contribution in [2.75, 3.05) is 7.05 Å². The van der Waals surface area contributed by atoms with Crippen LogP contribution in [0.25, 0.3) is 21.7 Å². The third kappa shape index (κ3) is 2.99. The number of pyridine rings is 1. The van der Waals surface area contributed by atoms with E-state index in [9.17, 15) is 18.4 Å². The second-order valence-electron chi connectivity index (χ2n) is 7.12. The molecule has 0 aliphatic rings. The molecule has 0 aliphatic carbocycles. The Morgan fingerprint density at radius 2 is 1.76 bits per heavy atom. The third-order valence-corrected chi connectivity index (χ3v) is 5.50. The van der Waals surface area contributed by atoms with Gasteiger partial charge in [0.1, 0.15) is 5.69 Å². The van der Waals surface area contributed by atoms with Crippen LogP contribution in [0.2, 0.25) is 0 Å². The number of aromatic nitrogens is 2. The molecule has 7 heteroatoms. The summed E-state index contributed by atoms with van der Waals surface area (Å²) in [5.74, 6) is -2.36. The average molecular weight is 395 g/mol. The summed E-state index contributed by atoms with van der Waals surface area (Å²) in [7, 11) is 3.46. The van der Waals surface area contributed by atoms with Gasteiger partial charge in [-0.1, -0.05) is 18.2 Å². The number of nitrogens with zero attached hydrogens (tertiary/aromatic N) is 2. The molecule has 0 saturated carbocycles. The van der Waals surface area contributed by atoms with Crippen molar-refractivity contribution in [1.29, 1.82) is 0 Å². The van der Waals surface area contributed by atoms with E-state index in [1.807, 2.05) is 41.9 Å². The molecule has 2 aromatic heterocycles. The largest absolute Gasteiger partial charge is 0.340 e. The molecule has 1 amide bonds. The molecule has 0 bridgehead atoms. The summed E-state index contributed by atoms with van der Waals surface area (Å²) in [5, 5.41) is 1.27. The zero-order valence-electron chi connectivity index (χ0n) is 16.2. The number of hydrogen-bond acceptors (Lipinski definition) is 2. The highest BCUT2D eigenvalue weighted by atomic mass is 19.2. The maximum absolute atomic E-state index is 13.8. The van der Waals surface area contributed by atoms with Crippen molar-refractivity contribution in [2.45, 2.75) is 13.0 Å². The Balaban J connectivity index is 1.78. The van der Waals surface area contributed by atoms with Gasteiger partial charge in [-0.25, -0.2) is 8.78 Å². The quantitative estimate of drug-likeness (QED) is 0.567. The molecule has 4 rings (SSSR count). The van der Waals surface area contributed by atoms with Gasteiger partial charge in [0.15, 0.2) is 11.6 Å². The summed E-state index contributed by atoms with van der Waals surface area (Å²) < 4.78 is 29.3. The Bertz CT molecular complexity index is 1320. The van der Waals surface area contributed by atoms with E-state index in [2.05, 4.69) is 4.98 Å². The van der Waals surface area contributed by atoms with E-state index in [1.54, 1.807) is 14.0 Å². The molecule has 5 nitrogen and oxygen atoms in total. The minimum absolute atomic E-state index is 0.0405. The van der Waals surface area contributed by atoms with E-state index in [0.29, 0.717) is 11.3 Å². The molecule has 148 valence electrons. The maximum Gasteiger partial charge on any atom is 0.270 e. The first-order valence-corrected chi connectivity index (χ1v) is 9.11. The molecule has 2 aromatic carbocycles. The van der Waals surface area contributed by atoms with Gasteiger partial charge in [0.05, 0.1) is 11.4 Å². The SMILES string of the molecule is C[C@H](c1c[nH]c(=O)c2cc(F)c(F)cc12)N(C)C(=O)c1cc2ccccc2n1C. The van der Waals surface area contributed by atoms with Crippen LogP contribution in [-0.4, -0.2) is 27.4 Å². The molecule has 29 heavy (non-hydrogen) atoms. The van der Waals surface area contributed by atoms with Crippen molar-refractivity contribution in [3.05, 3.63) is 81.9 Å². The van der Waals surface area contributed by atoms with Crippen LogP contribution in [-0.2, 0) is 7.05 Å². The number of carbonyl (C=O) groups is 1. The fourth-order valence-electron chi connectivity index (χ4n) is 3.68. The van der Waals surface area contributed by atoms with E-state index < -0.39 is 23.2 Å². The normalized spacial score (nSPS) is 12.4. The van der Waals surface area contributed by atoms with Gasteiger partial charge in [-0.3, -0.25) is 9.59 Å². The minimum Gasteiger partial charge on any atom is -0.340 e. The Hall–Kier alpha value is -3.48. The van der Waals surface area contributed by atoms with Gasteiger partial charge >= 0.3 is 0 Å². The number of H-pyrrole nitrogens is 1. The lowest BCUT2D eigenvalue weighted by molar-refractivity contribution is 0.0734. The van der Waals surface area contributed by atoms with E-state index in [4.69, 9.17) is 0 Å². The molecule has 2 heterocycles. The zero-order chi connectivity index (χ0) is 20.9. The van der Waals surface area contributed by atoms with Crippen molar-refractivity contribution >= 4 is 27.6 Å². The number of fused-ring (bicyclic) bond motifs is 2. The van der Waals surface area contributed by atoms with Crippen LogP contribution in [0.15, 0.2) is 53.5 Å². The number of aromatic amines is 1. The molecule has 0 spiro atoms. The Morgan fingerprint density at radius 1 is 1.10 bits per heavy atom. The summed E-state index contributed by atoms with van der Waals surface area (Å²) >= 11 is 0. The highest BCUT2D eigenvalue weighted by Gasteiger charge is 2.24. The summed E-state index contributed by atoms with van der Waals surface area (Å²) in [6.45, 7) is 1.77. The maximum atomic E-state index is 13.8. The molecular formula is C22H19F2N3O2. The van der Waals surface area contributed by atoms with E-state index >= 15 is 0 Å². The molecule has 1 atom stereocenters. The Labute approximate surface area is 165 Å². The van der Waals surface area contributed by atoms with E-state index in [-0.39, 0.29) is 16.7 Å². The van der Waals surface area contributed by atoms with Crippen LogP contribution in [0.3, 0.4) is 0 Å². The number of benzene rings is 2. The van der Waals surface area contributed by atoms with Crippen LogP contribution in [0.5, 0.6) is 0 Å². The predicted molar refractivity (Wildman–Crippen MR) is 108 cm³/mol. The Kier molecular flexibility index (Phi) is 4.45. The number of rotatable bonds is 3. The van der Waals surface area contributed by atoms with E-state index in [0.717, 1.165) is 23.0 Å². The van der Waals surface area contributed by atoms with Crippen molar-refractivity contribution in [1.82, 2.24) is 14.5 Å². The van der Waals surface area contributed by atoms with Crippen LogP contribution < -0.4 is 5.56 Å². The predicted octanol–water partition coefficient (Wildman–Crippen LogP) is 4.13. The number of hydrogen-bond donors (Lipinski definition) is 1. The van der Waals surface area contributed by atoms with Gasteiger partial charge in [-0.05, 0) is 42.1 Å². The molecule has 0 unspecified atom stereocenters. The molecule has 4 aromatic rings.